The Labute approximate surface area is 135 Å². The average molecular weight is 318 g/mol. The fourth-order valence-corrected chi connectivity index (χ4v) is 2.96. The lowest BCUT2D eigenvalue weighted by Gasteiger charge is -2.05. The van der Waals surface area contributed by atoms with Crippen molar-refractivity contribution in [2.75, 3.05) is 13.7 Å². The molecule has 2 aromatic rings. The van der Waals surface area contributed by atoms with E-state index in [1.54, 1.807) is 18.4 Å². The normalized spacial score (nSPS) is 10.7. The molecule has 5 heteroatoms. The number of carbonyl (C=O) groups is 1. The highest BCUT2D eigenvalue weighted by Crippen LogP contribution is 2.17. The Balaban J connectivity index is 1.74. The Morgan fingerprint density at radius 3 is 2.64 bits per heavy atom. The Hall–Kier alpha value is -1.88. The molecule has 22 heavy (non-hydrogen) atoms. The van der Waals surface area contributed by atoms with Crippen LogP contribution in [0.1, 0.15) is 36.0 Å². The second kappa shape index (κ2) is 7.94. The summed E-state index contributed by atoms with van der Waals surface area (Å²) in [4.78, 5) is 16.5. The van der Waals surface area contributed by atoms with Gasteiger partial charge in [-0.3, -0.25) is 4.79 Å². The van der Waals surface area contributed by atoms with Gasteiger partial charge in [-0.15, -0.1) is 11.3 Å². The molecule has 0 unspecified atom stereocenters. The van der Waals surface area contributed by atoms with Crippen LogP contribution in [0.15, 0.2) is 29.6 Å². The number of aromatic nitrogens is 1. The van der Waals surface area contributed by atoms with Gasteiger partial charge in [0.05, 0.1) is 24.2 Å². The van der Waals surface area contributed by atoms with E-state index in [1.165, 1.54) is 0 Å². The van der Waals surface area contributed by atoms with E-state index >= 15 is 0 Å². The van der Waals surface area contributed by atoms with E-state index in [9.17, 15) is 4.79 Å². The van der Waals surface area contributed by atoms with E-state index in [-0.39, 0.29) is 5.91 Å². The van der Waals surface area contributed by atoms with E-state index < -0.39 is 0 Å². The fourth-order valence-electron chi connectivity index (χ4n) is 2.01. The second-order valence-electron chi connectivity index (χ2n) is 5.45. The molecular formula is C17H22N2O2S. The molecule has 0 fully saturated rings. The molecule has 0 spiro atoms. The van der Waals surface area contributed by atoms with Crippen LogP contribution in [-0.4, -0.2) is 24.5 Å². The van der Waals surface area contributed by atoms with E-state index in [4.69, 9.17) is 4.74 Å². The third kappa shape index (κ3) is 4.84. The molecule has 0 aliphatic rings. The lowest BCUT2D eigenvalue weighted by molar-refractivity contribution is -0.120. The molecule has 0 saturated heterocycles. The molecule has 1 N–H and O–H groups in total. The number of nitrogens with zero attached hydrogens (tertiary/aromatic N) is 1. The van der Waals surface area contributed by atoms with Gasteiger partial charge in [0.25, 0.3) is 0 Å². The van der Waals surface area contributed by atoms with Crippen LogP contribution >= 0.6 is 11.3 Å². The van der Waals surface area contributed by atoms with E-state index in [1.807, 2.05) is 24.3 Å². The van der Waals surface area contributed by atoms with Crippen LogP contribution in [0.2, 0.25) is 0 Å². The van der Waals surface area contributed by atoms with E-state index in [0.717, 1.165) is 28.4 Å². The van der Waals surface area contributed by atoms with Crippen molar-refractivity contribution in [2.45, 2.75) is 32.6 Å². The van der Waals surface area contributed by atoms with Gasteiger partial charge < -0.3 is 10.1 Å². The molecule has 1 heterocycles. The zero-order valence-electron chi connectivity index (χ0n) is 13.3. The van der Waals surface area contributed by atoms with Crippen molar-refractivity contribution < 1.29 is 9.53 Å². The zero-order chi connectivity index (χ0) is 15.9. The number of amides is 1. The van der Waals surface area contributed by atoms with Crippen molar-refractivity contribution >= 4 is 17.2 Å². The fraction of sp³-hybridized carbons (Fsp3) is 0.412. The third-order valence-corrected chi connectivity index (χ3v) is 4.27. The van der Waals surface area contributed by atoms with Gasteiger partial charge in [0.2, 0.25) is 5.91 Å². The number of rotatable bonds is 7. The van der Waals surface area contributed by atoms with Gasteiger partial charge in [0, 0.05) is 18.3 Å². The van der Waals surface area contributed by atoms with Crippen molar-refractivity contribution in [3.8, 4) is 5.75 Å². The number of ether oxygens (including phenoxy) is 1. The molecule has 0 atom stereocenters. The minimum Gasteiger partial charge on any atom is -0.497 e. The highest BCUT2D eigenvalue weighted by Gasteiger charge is 2.07. The SMILES string of the molecule is COc1ccc(CC(=O)NCCc2nc(C(C)C)cs2)cc1. The Morgan fingerprint density at radius 2 is 2.05 bits per heavy atom. The van der Waals surface area contributed by atoms with Gasteiger partial charge in [0.15, 0.2) is 0 Å². The topological polar surface area (TPSA) is 51.2 Å². The monoisotopic (exact) mass is 318 g/mol. The molecule has 1 aromatic heterocycles. The first kappa shape index (κ1) is 16.5. The molecule has 0 bridgehead atoms. The molecule has 1 amide bonds. The summed E-state index contributed by atoms with van der Waals surface area (Å²) in [7, 11) is 1.63. The van der Waals surface area contributed by atoms with Crippen LogP contribution in [0.5, 0.6) is 5.75 Å². The van der Waals surface area contributed by atoms with E-state index in [0.29, 0.717) is 18.9 Å². The van der Waals surface area contributed by atoms with Crippen molar-refractivity contribution in [3.05, 3.63) is 45.9 Å². The summed E-state index contributed by atoms with van der Waals surface area (Å²) in [6.07, 6.45) is 1.17. The molecule has 118 valence electrons. The van der Waals surface area contributed by atoms with Gasteiger partial charge in [-0.1, -0.05) is 26.0 Å². The summed E-state index contributed by atoms with van der Waals surface area (Å²) >= 11 is 1.66. The van der Waals surface area contributed by atoms with Gasteiger partial charge in [-0.2, -0.15) is 0 Å². The maximum absolute atomic E-state index is 11.9. The highest BCUT2D eigenvalue weighted by atomic mass is 32.1. The lowest BCUT2D eigenvalue weighted by Crippen LogP contribution is -2.27. The first-order valence-corrected chi connectivity index (χ1v) is 8.30. The van der Waals surface area contributed by atoms with E-state index in [2.05, 4.69) is 29.5 Å². The van der Waals surface area contributed by atoms with Crippen LogP contribution in [0.25, 0.3) is 0 Å². The quantitative estimate of drug-likeness (QED) is 0.853. The zero-order valence-corrected chi connectivity index (χ0v) is 14.1. The minimum absolute atomic E-state index is 0.0332. The minimum atomic E-state index is 0.0332. The first-order valence-electron chi connectivity index (χ1n) is 7.42. The summed E-state index contributed by atoms with van der Waals surface area (Å²) in [5.41, 5.74) is 2.11. The summed E-state index contributed by atoms with van der Waals surface area (Å²) in [5.74, 6) is 1.29. The average Bonchev–Trinajstić information content (AvgIpc) is 2.97. The molecular weight excluding hydrogens is 296 g/mol. The lowest BCUT2D eigenvalue weighted by atomic mass is 10.1. The van der Waals surface area contributed by atoms with Crippen LogP contribution in [0.4, 0.5) is 0 Å². The highest BCUT2D eigenvalue weighted by molar-refractivity contribution is 7.09. The first-order chi connectivity index (χ1) is 10.6. The molecule has 0 saturated carbocycles. The number of hydrogen-bond acceptors (Lipinski definition) is 4. The predicted molar refractivity (Wildman–Crippen MR) is 89.6 cm³/mol. The number of hydrogen-bond donors (Lipinski definition) is 1. The molecule has 0 aliphatic heterocycles. The predicted octanol–water partition coefficient (Wildman–Crippen LogP) is 3.18. The van der Waals surface area contributed by atoms with Gasteiger partial charge in [-0.25, -0.2) is 4.98 Å². The van der Waals surface area contributed by atoms with Crippen LogP contribution in [0, 0.1) is 0 Å². The largest absolute Gasteiger partial charge is 0.497 e. The van der Waals surface area contributed by atoms with Crippen molar-refractivity contribution in [2.24, 2.45) is 0 Å². The summed E-state index contributed by atoms with van der Waals surface area (Å²) in [6, 6.07) is 7.56. The summed E-state index contributed by atoms with van der Waals surface area (Å²) in [6.45, 7) is 4.89. The second-order valence-corrected chi connectivity index (χ2v) is 6.39. The summed E-state index contributed by atoms with van der Waals surface area (Å²) in [5, 5.41) is 6.12. The van der Waals surface area contributed by atoms with Crippen LogP contribution < -0.4 is 10.1 Å². The molecule has 0 radical (unpaired) electrons. The van der Waals surface area contributed by atoms with Crippen molar-refractivity contribution in [3.63, 3.8) is 0 Å². The number of carbonyl (C=O) groups excluding carboxylic acids is 1. The van der Waals surface area contributed by atoms with Gasteiger partial charge in [-0.05, 0) is 23.6 Å². The van der Waals surface area contributed by atoms with Gasteiger partial charge in [0.1, 0.15) is 5.75 Å². The molecule has 4 nitrogen and oxygen atoms in total. The Morgan fingerprint density at radius 1 is 1.32 bits per heavy atom. The van der Waals surface area contributed by atoms with Crippen LogP contribution in [0.3, 0.4) is 0 Å². The smallest absolute Gasteiger partial charge is 0.224 e. The number of benzene rings is 1. The Kier molecular flexibility index (Phi) is 5.95. The van der Waals surface area contributed by atoms with Crippen molar-refractivity contribution in [1.29, 1.82) is 0 Å². The number of methoxy groups -OCH3 is 1. The third-order valence-electron chi connectivity index (χ3n) is 3.35. The number of nitrogens with one attached hydrogen (secondary N) is 1. The van der Waals surface area contributed by atoms with Crippen molar-refractivity contribution in [1.82, 2.24) is 10.3 Å². The maximum atomic E-state index is 11.9. The standard InChI is InChI=1S/C17H22N2O2S/c1-12(2)15-11-22-17(19-15)8-9-18-16(20)10-13-4-6-14(21-3)7-5-13/h4-7,11-12H,8-10H2,1-3H3,(H,18,20). The number of thiazole rings is 1. The molecule has 1 aromatic carbocycles. The van der Waals surface area contributed by atoms with Gasteiger partial charge >= 0.3 is 0 Å². The maximum Gasteiger partial charge on any atom is 0.224 e. The molecule has 0 aliphatic carbocycles. The summed E-state index contributed by atoms with van der Waals surface area (Å²) < 4.78 is 5.10. The molecule has 2 rings (SSSR count). The Bertz CT molecular complexity index is 605. The van der Waals surface area contributed by atoms with Crippen LogP contribution in [-0.2, 0) is 17.6 Å².